The molecule has 0 aliphatic carbocycles. The number of aromatic carboxylic acids is 1. The van der Waals surface area contributed by atoms with Crippen molar-refractivity contribution in [2.45, 2.75) is 27.2 Å². The minimum absolute atomic E-state index is 0.133. The first-order valence-electron chi connectivity index (χ1n) is 10.3. The molecule has 0 saturated carbocycles. The Hall–Kier alpha value is -4.44. The average Bonchev–Trinajstić information content (AvgIpc) is 3.35. The molecule has 3 aromatic rings. The second-order valence-electron chi connectivity index (χ2n) is 7.90. The third kappa shape index (κ3) is 4.32. The smallest absolute Gasteiger partial charge is 0.335 e. The van der Waals surface area contributed by atoms with Gasteiger partial charge >= 0.3 is 5.97 Å². The highest BCUT2D eigenvalue weighted by Crippen LogP contribution is 2.26. The lowest BCUT2D eigenvalue weighted by atomic mass is 9.98. The maximum absolute atomic E-state index is 12.9. The van der Waals surface area contributed by atoms with Crippen LogP contribution in [0.1, 0.15) is 51.1 Å². The monoisotopic (exact) mass is 439 g/mol. The fourth-order valence-corrected chi connectivity index (χ4v) is 3.63. The third-order valence-corrected chi connectivity index (χ3v) is 5.60. The summed E-state index contributed by atoms with van der Waals surface area (Å²) < 4.78 is 5.92. The summed E-state index contributed by atoms with van der Waals surface area (Å²) in [6, 6.07) is 15.7. The van der Waals surface area contributed by atoms with Crippen LogP contribution in [-0.2, 0) is 11.2 Å². The molecule has 4 rings (SSSR count). The topological polar surface area (TPSA) is 107 Å². The molecule has 164 valence electrons. The van der Waals surface area contributed by atoms with Gasteiger partial charge in [-0.3, -0.25) is 4.79 Å². The van der Waals surface area contributed by atoms with Crippen LogP contribution in [0.4, 0.5) is 5.69 Å². The minimum Gasteiger partial charge on any atom is -0.478 e. The van der Waals surface area contributed by atoms with Gasteiger partial charge in [0.05, 0.1) is 34.2 Å². The first-order valence-corrected chi connectivity index (χ1v) is 10.3. The van der Waals surface area contributed by atoms with Gasteiger partial charge < -0.3 is 9.52 Å². The number of carbonyl (C=O) groups is 2. The van der Waals surface area contributed by atoms with Gasteiger partial charge in [-0.15, -0.1) is 0 Å². The zero-order chi connectivity index (χ0) is 23.7. The molecule has 0 radical (unpaired) electrons. The van der Waals surface area contributed by atoms with Gasteiger partial charge in [0, 0.05) is 6.42 Å². The largest absolute Gasteiger partial charge is 0.478 e. The van der Waals surface area contributed by atoms with E-state index in [0.29, 0.717) is 40.5 Å². The standard InChI is InChI=1S/C26H21N3O4/c1-15-10-19(20(14-27)11-16(15)2)12-22-8-9-23(33-22)13-24-17(3)28-29(25(24)30)21-6-4-18(5-7-21)26(31)32/h4-11,13H,12H2,1-3H3,(H,31,32). The molecule has 7 nitrogen and oxygen atoms in total. The Labute approximate surface area is 190 Å². The number of carbonyl (C=O) groups excluding carboxylic acids is 1. The maximum atomic E-state index is 12.9. The van der Waals surface area contributed by atoms with Crippen molar-refractivity contribution in [2.24, 2.45) is 5.10 Å². The number of hydrogen-bond acceptors (Lipinski definition) is 5. The lowest BCUT2D eigenvalue weighted by Gasteiger charge is -2.11. The van der Waals surface area contributed by atoms with Crippen LogP contribution in [-0.4, -0.2) is 22.7 Å². The summed E-state index contributed by atoms with van der Waals surface area (Å²) in [6.45, 7) is 5.71. The highest BCUT2D eigenvalue weighted by Gasteiger charge is 2.29. The zero-order valence-corrected chi connectivity index (χ0v) is 18.4. The Morgan fingerprint density at radius 3 is 2.48 bits per heavy atom. The summed E-state index contributed by atoms with van der Waals surface area (Å²) in [5, 5.41) is 24.1. The summed E-state index contributed by atoms with van der Waals surface area (Å²) in [5.41, 5.74) is 5.21. The average molecular weight is 439 g/mol. The molecule has 0 atom stereocenters. The number of hydrazone groups is 1. The van der Waals surface area contributed by atoms with E-state index in [4.69, 9.17) is 9.52 Å². The molecule has 1 aliphatic heterocycles. The van der Waals surface area contributed by atoms with Crippen molar-refractivity contribution in [3.8, 4) is 6.07 Å². The van der Waals surface area contributed by atoms with Gasteiger partial charge in [0.15, 0.2) is 0 Å². The number of benzene rings is 2. The summed E-state index contributed by atoms with van der Waals surface area (Å²) in [7, 11) is 0. The van der Waals surface area contributed by atoms with Crippen molar-refractivity contribution in [2.75, 3.05) is 5.01 Å². The summed E-state index contributed by atoms with van der Waals surface area (Å²) in [4.78, 5) is 24.0. The maximum Gasteiger partial charge on any atom is 0.335 e. The quantitative estimate of drug-likeness (QED) is 0.571. The fourth-order valence-electron chi connectivity index (χ4n) is 3.63. The minimum atomic E-state index is -1.04. The number of amides is 1. The van der Waals surface area contributed by atoms with E-state index in [-0.39, 0.29) is 11.5 Å². The number of rotatable bonds is 5. The molecule has 0 bridgehead atoms. The predicted octanol–water partition coefficient (Wildman–Crippen LogP) is 4.86. The highest BCUT2D eigenvalue weighted by atomic mass is 16.4. The number of nitriles is 1. The van der Waals surface area contributed by atoms with E-state index in [1.54, 1.807) is 31.2 Å². The van der Waals surface area contributed by atoms with Crippen molar-refractivity contribution in [3.05, 3.63) is 93.4 Å². The molecular formula is C26H21N3O4. The number of carboxylic acid groups (broad SMARTS) is 1. The molecule has 0 fully saturated rings. The summed E-state index contributed by atoms with van der Waals surface area (Å²) >= 11 is 0. The van der Waals surface area contributed by atoms with Crippen LogP contribution in [0.5, 0.6) is 0 Å². The molecule has 0 saturated heterocycles. The second kappa shape index (κ2) is 8.60. The Morgan fingerprint density at radius 1 is 1.12 bits per heavy atom. The van der Waals surface area contributed by atoms with E-state index >= 15 is 0 Å². The van der Waals surface area contributed by atoms with E-state index in [1.165, 1.54) is 17.1 Å². The van der Waals surface area contributed by atoms with Crippen molar-refractivity contribution < 1.29 is 19.1 Å². The Kier molecular flexibility index (Phi) is 5.67. The van der Waals surface area contributed by atoms with Gasteiger partial charge in [0.2, 0.25) is 0 Å². The van der Waals surface area contributed by atoms with Crippen LogP contribution >= 0.6 is 0 Å². The van der Waals surface area contributed by atoms with Crippen LogP contribution in [0.25, 0.3) is 6.08 Å². The lowest BCUT2D eigenvalue weighted by molar-refractivity contribution is -0.114. The Balaban J connectivity index is 1.55. The Morgan fingerprint density at radius 2 is 1.82 bits per heavy atom. The van der Waals surface area contributed by atoms with E-state index in [2.05, 4.69) is 11.2 Å². The third-order valence-electron chi connectivity index (χ3n) is 5.60. The van der Waals surface area contributed by atoms with Gasteiger partial charge in [0.25, 0.3) is 5.91 Å². The molecule has 1 aromatic heterocycles. The van der Waals surface area contributed by atoms with Crippen LogP contribution < -0.4 is 5.01 Å². The van der Waals surface area contributed by atoms with Gasteiger partial charge in [-0.25, -0.2) is 4.79 Å². The zero-order valence-electron chi connectivity index (χ0n) is 18.4. The Bertz CT molecular complexity index is 1370. The second-order valence-corrected chi connectivity index (χ2v) is 7.90. The van der Waals surface area contributed by atoms with Gasteiger partial charge in [0.1, 0.15) is 11.5 Å². The lowest BCUT2D eigenvalue weighted by Crippen LogP contribution is -2.21. The molecular weight excluding hydrogens is 418 g/mol. The molecule has 0 unspecified atom stereocenters. The summed E-state index contributed by atoms with van der Waals surface area (Å²) in [6.07, 6.45) is 2.11. The molecule has 1 N–H and O–H groups in total. The molecule has 0 spiro atoms. The number of carboxylic acids is 1. The van der Waals surface area contributed by atoms with Gasteiger partial charge in [-0.2, -0.15) is 15.4 Å². The molecule has 1 amide bonds. The first-order chi connectivity index (χ1) is 15.8. The molecule has 2 aromatic carbocycles. The van der Waals surface area contributed by atoms with E-state index in [1.807, 2.05) is 32.0 Å². The van der Waals surface area contributed by atoms with Crippen molar-refractivity contribution in [1.82, 2.24) is 0 Å². The van der Waals surface area contributed by atoms with E-state index in [9.17, 15) is 14.9 Å². The molecule has 7 heteroatoms. The number of hydrogen-bond donors (Lipinski definition) is 1. The fraction of sp³-hybridized carbons (Fsp3) is 0.154. The van der Waals surface area contributed by atoms with E-state index < -0.39 is 5.97 Å². The van der Waals surface area contributed by atoms with Crippen LogP contribution in [0.15, 0.2) is 63.6 Å². The highest BCUT2D eigenvalue weighted by molar-refractivity contribution is 6.32. The van der Waals surface area contributed by atoms with Crippen LogP contribution in [0.2, 0.25) is 0 Å². The van der Waals surface area contributed by atoms with Crippen molar-refractivity contribution in [3.63, 3.8) is 0 Å². The normalized spacial score (nSPS) is 14.5. The van der Waals surface area contributed by atoms with Gasteiger partial charge in [-0.05, 0) is 86.0 Å². The molecule has 2 heterocycles. The number of nitrogens with zero attached hydrogens (tertiary/aromatic N) is 3. The first kappa shape index (κ1) is 21.8. The van der Waals surface area contributed by atoms with Crippen LogP contribution in [0.3, 0.4) is 0 Å². The van der Waals surface area contributed by atoms with Crippen molar-refractivity contribution in [1.29, 1.82) is 5.26 Å². The molecule has 33 heavy (non-hydrogen) atoms. The predicted molar refractivity (Wildman–Crippen MR) is 124 cm³/mol. The SMILES string of the molecule is CC1=NN(c2ccc(C(=O)O)cc2)C(=O)C1=Cc1ccc(Cc2cc(C)c(C)cc2C#N)o1. The van der Waals surface area contributed by atoms with Crippen molar-refractivity contribution >= 4 is 29.4 Å². The number of furan rings is 1. The van der Waals surface area contributed by atoms with E-state index in [0.717, 1.165) is 16.7 Å². The number of anilines is 1. The number of aryl methyl sites for hydroxylation is 2. The summed E-state index contributed by atoms with van der Waals surface area (Å²) in [5.74, 6) is -0.170. The van der Waals surface area contributed by atoms with Crippen LogP contribution in [0, 0.1) is 25.2 Å². The van der Waals surface area contributed by atoms with Gasteiger partial charge in [-0.1, -0.05) is 6.07 Å². The molecule has 1 aliphatic rings.